The fourth-order valence-electron chi connectivity index (χ4n) is 1.95. The normalized spacial score (nSPS) is 35.6. The average Bonchev–Trinajstić information content (AvgIpc) is 2.08. The first-order chi connectivity index (χ1) is 4.96. The molecule has 0 amide bonds. The van der Waals surface area contributed by atoms with Gasteiger partial charge >= 0.3 is 0 Å². The van der Waals surface area contributed by atoms with Gasteiger partial charge < -0.3 is 0 Å². The van der Waals surface area contributed by atoms with Crippen LogP contribution in [0.4, 0.5) is 0 Å². The lowest BCUT2D eigenvalue weighted by atomic mass is 9.77. The van der Waals surface area contributed by atoms with Crippen LogP contribution in [-0.2, 0) is 4.79 Å². The Labute approximate surface area is 74.0 Å². The first-order valence-corrected chi connectivity index (χ1v) is 4.63. The minimum absolute atomic E-state index is 0.0688. The van der Waals surface area contributed by atoms with E-state index in [4.69, 9.17) is 0 Å². The summed E-state index contributed by atoms with van der Waals surface area (Å²) in [5, 5.41) is 0.0688. The predicted octanol–water partition coefficient (Wildman–Crippen LogP) is 2.52. The second-order valence-corrected chi connectivity index (χ2v) is 4.63. The van der Waals surface area contributed by atoms with Crippen LogP contribution in [0.15, 0.2) is 0 Å². The SMILES string of the molecule is CC1CCC(C(=O)S)C1(C)C. The van der Waals surface area contributed by atoms with Gasteiger partial charge in [-0.1, -0.05) is 20.8 Å². The molecule has 64 valence electrons. The van der Waals surface area contributed by atoms with Crippen LogP contribution in [-0.4, -0.2) is 5.12 Å². The van der Waals surface area contributed by atoms with Gasteiger partial charge in [0.25, 0.3) is 0 Å². The van der Waals surface area contributed by atoms with E-state index in [9.17, 15) is 4.79 Å². The van der Waals surface area contributed by atoms with Crippen molar-refractivity contribution in [3.8, 4) is 0 Å². The zero-order chi connectivity index (χ0) is 8.65. The fraction of sp³-hybridized carbons (Fsp3) is 0.889. The van der Waals surface area contributed by atoms with Crippen LogP contribution in [0.2, 0.25) is 0 Å². The molecule has 1 aliphatic carbocycles. The lowest BCUT2D eigenvalue weighted by Crippen LogP contribution is -2.27. The highest BCUT2D eigenvalue weighted by Crippen LogP contribution is 2.47. The molecule has 2 atom stereocenters. The Morgan fingerprint density at radius 1 is 1.45 bits per heavy atom. The van der Waals surface area contributed by atoms with Gasteiger partial charge in [-0.25, -0.2) is 0 Å². The maximum Gasteiger partial charge on any atom is 0.189 e. The summed E-state index contributed by atoms with van der Waals surface area (Å²) in [4.78, 5) is 11.1. The Bertz CT molecular complexity index is 174. The van der Waals surface area contributed by atoms with E-state index in [2.05, 4.69) is 33.4 Å². The van der Waals surface area contributed by atoms with Crippen molar-refractivity contribution < 1.29 is 4.79 Å². The highest BCUT2D eigenvalue weighted by molar-refractivity contribution is 7.96. The van der Waals surface area contributed by atoms with Crippen molar-refractivity contribution in [2.75, 3.05) is 0 Å². The summed E-state index contributed by atoms with van der Waals surface area (Å²) in [6.07, 6.45) is 2.19. The molecule has 0 aliphatic heterocycles. The summed E-state index contributed by atoms with van der Waals surface area (Å²) in [6, 6.07) is 0. The second-order valence-electron chi connectivity index (χ2n) is 4.19. The first-order valence-electron chi connectivity index (χ1n) is 4.19. The van der Waals surface area contributed by atoms with E-state index < -0.39 is 0 Å². The van der Waals surface area contributed by atoms with Crippen molar-refractivity contribution in [2.45, 2.75) is 33.6 Å². The minimum atomic E-state index is 0.0688. The van der Waals surface area contributed by atoms with Crippen molar-refractivity contribution in [3.05, 3.63) is 0 Å². The van der Waals surface area contributed by atoms with E-state index in [1.54, 1.807) is 0 Å². The Morgan fingerprint density at radius 2 is 2.00 bits per heavy atom. The lowest BCUT2D eigenvalue weighted by Gasteiger charge is -2.28. The monoisotopic (exact) mass is 172 g/mol. The van der Waals surface area contributed by atoms with Gasteiger partial charge in [0, 0.05) is 5.92 Å². The van der Waals surface area contributed by atoms with E-state index in [-0.39, 0.29) is 16.4 Å². The molecule has 0 aromatic carbocycles. The van der Waals surface area contributed by atoms with E-state index >= 15 is 0 Å². The number of hydrogen-bond donors (Lipinski definition) is 1. The maximum absolute atomic E-state index is 11.1. The molecular formula is C9H16OS. The number of hydrogen-bond acceptors (Lipinski definition) is 1. The number of carbonyl (C=O) groups excluding carboxylic acids is 1. The molecule has 2 unspecified atom stereocenters. The van der Waals surface area contributed by atoms with Gasteiger partial charge in [0.15, 0.2) is 5.12 Å². The summed E-state index contributed by atoms with van der Waals surface area (Å²) in [7, 11) is 0. The molecule has 0 bridgehead atoms. The van der Waals surface area contributed by atoms with Gasteiger partial charge in [-0.2, -0.15) is 0 Å². The minimum Gasteiger partial charge on any atom is -0.287 e. The predicted molar refractivity (Wildman–Crippen MR) is 49.7 cm³/mol. The summed E-state index contributed by atoms with van der Waals surface area (Å²) < 4.78 is 0. The third kappa shape index (κ3) is 1.46. The van der Waals surface area contributed by atoms with Gasteiger partial charge in [-0.3, -0.25) is 4.79 Å². The van der Waals surface area contributed by atoms with Crippen LogP contribution in [0, 0.1) is 17.3 Å². The molecule has 0 aromatic rings. The van der Waals surface area contributed by atoms with Gasteiger partial charge in [0.1, 0.15) is 0 Å². The standard InChI is InChI=1S/C9H16OS/c1-6-4-5-7(8(10)11)9(6,2)3/h6-7H,4-5H2,1-3H3,(H,10,11). The van der Waals surface area contributed by atoms with Crippen LogP contribution in [0.1, 0.15) is 33.6 Å². The van der Waals surface area contributed by atoms with Crippen LogP contribution in [0.3, 0.4) is 0 Å². The Morgan fingerprint density at radius 3 is 2.18 bits per heavy atom. The van der Waals surface area contributed by atoms with E-state index in [1.807, 2.05) is 0 Å². The zero-order valence-corrected chi connectivity index (χ0v) is 8.32. The zero-order valence-electron chi connectivity index (χ0n) is 7.42. The second kappa shape index (κ2) is 2.81. The number of rotatable bonds is 1. The molecule has 0 spiro atoms. The fourth-order valence-corrected chi connectivity index (χ4v) is 2.41. The molecule has 1 aliphatic rings. The number of carbonyl (C=O) groups is 1. The van der Waals surface area contributed by atoms with Crippen molar-refractivity contribution in [3.63, 3.8) is 0 Å². The molecule has 1 rings (SSSR count). The largest absolute Gasteiger partial charge is 0.287 e. The third-order valence-corrected chi connectivity index (χ3v) is 3.67. The Hall–Kier alpha value is 0.0200. The van der Waals surface area contributed by atoms with Crippen molar-refractivity contribution in [1.29, 1.82) is 0 Å². The Balaban J connectivity index is 2.78. The Kier molecular flexibility index (Phi) is 2.33. The molecule has 1 fully saturated rings. The van der Waals surface area contributed by atoms with Crippen LogP contribution in [0.5, 0.6) is 0 Å². The highest BCUT2D eigenvalue weighted by atomic mass is 32.1. The van der Waals surface area contributed by atoms with E-state index in [1.165, 1.54) is 6.42 Å². The molecule has 0 saturated heterocycles. The molecule has 0 aromatic heterocycles. The molecule has 0 N–H and O–H groups in total. The van der Waals surface area contributed by atoms with Crippen molar-refractivity contribution in [1.82, 2.24) is 0 Å². The topological polar surface area (TPSA) is 17.1 Å². The summed E-state index contributed by atoms with van der Waals surface area (Å²) in [6.45, 7) is 6.56. The first kappa shape index (κ1) is 9.11. The van der Waals surface area contributed by atoms with Crippen LogP contribution >= 0.6 is 12.6 Å². The quantitative estimate of drug-likeness (QED) is 0.601. The molecular weight excluding hydrogens is 156 g/mol. The average molecular weight is 172 g/mol. The molecule has 1 nitrogen and oxygen atoms in total. The molecule has 1 saturated carbocycles. The van der Waals surface area contributed by atoms with E-state index in [0.717, 1.165) is 6.42 Å². The molecule has 0 radical (unpaired) electrons. The summed E-state index contributed by atoms with van der Waals surface area (Å²) >= 11 is 3.91. The van der Waals surface area contributed by atoms with Gasteiger partial charge in [-0.05, 0) is 24.2 Å². The van der Waals surface area contributed by atoms with Crippen LogP contribution < -0.4 is 0 Å². The molecule has 0 heterocycles. The third-order valence-electron chi connectivity index (χ3n) is 3.35. The van der Waals surface area contributed by atoms with Crippen LogP contribution in [0.25, 0.3) is 0 Å². The van der Waals surface area contributed by atoms with Gasteiger partial charge in [0.2, 0.25) is 0 Å². The van der Waals surface area contributed by atoms with E-state index in [0.29, 0.717) is 5.92 Å². The number of thiol groups is 1. The van der Waals surface area contributed by atoms with Gasteiger partial charge in [-0.15, -0.1) is 12.6 Å². The summed E-state index contributed by atoms with van der Waals surface area (Å²) in [5.74, 6) is 0.837. The smallest absolute Gasteiger partial charge is 0.189 e. The van der Waals surface area contributed by atoms with Crippen molar-refractivity contribution in [2.24, 2.45) is 17.3 Å². The summed E-state index contributed by atoms with van der Waals surface area (Å²) in [5.41, 5.74) is 0.166. The molecule has 11 heavy (non-hydrogen) atoms. The highest BCUT2D eigenvalue weighted by Gasteiger charge is 2.42. The van der Waals surface area contributed by atoms with Crippen molar-refractivity contribution >= 4 is 17.7 Å². The molecule has 2 heteroatoms. The maximum atomic E-state index is 11.1. The lowest BCUT2D eigenvalue weighted by molar-refractivity contribution is -0.116. The van der Waals surface area contributed by atoms with Gasteiger partial charge in [0.05, 0.1) is 0 Å².